The van der Waals surface area contributed by atoms with Gasteiger partial charge in [-0.25, -0.2) is 9.78 Å². The minimum Gasteiger partial charge on any atom is -0.444 e. The lowest BCUT2D eigenvalue weighted by atomic mass is 10.2. The number of fused-ring (bicyclic) bond motifs is 1. The van der Waals surface area contributed by atoms with Crippen molar-refractivity contribution in [3.8, 4) is 0 Å². The number of nitrogens with zero attached hydrogens (tertiary/aromatic N) is 2. The predicted molar refractivity (Wildman–Crippen MR) is 93.5 cm³/mol. The summed E-state index contributed by atoms with van der Waals surface area (Å²) in [6, 6.07) is 5.57. The van der Waals surface area contributed by atoms with Gasteiger partial charge in [0.25, 0.3) is 0 Å². The van der Waals surface area contributed by atoms with E-state index in [-0.39, 0.29) is 6.10 Å². The molecule has 1 amide bonds. The number of imidazole rings is 1. The van der Waals surface area contributed by atoms with Gasteiger partial charge < -0.3 is 14.0 Å². The molecule has 1 aromatic carbocycles. The molecule has 2 aromatic rings. The molecular weight excluding hydrogens is 330 g/mol. The third-order valence-corrected chi connectivity index (χ3v) is 4.01. The second-order valence-corrected chi connectivity index (χ2v) is 7.15. The molecule has 1 N–H and O–H groups in total. The fourth-order valence-corrected chi connectivity index (χ4v) is 2.81. The molecular formula is C17H22ClN3O3. The van der Waals surface area contributed by atoms with Gasteiger partial charge in [-0.3, -0.25) is 5.32 Å². The number of aromatic nitrogens is 2. The Balaban J connectivity index is 1.85. The lowest BCUT2D eigenvalue weighted by molar-refractivity contribution is -0.0589. The number of anilines is 1. The summed E-state index contributed by atoms with van der Waals surface area (Å²) in [6.45, 7) is 7.01. The minimum absolute atomic E-state index is 0.201. The zero-order valence-electron chi connectivity index (χ0n) is 14.1. The van der Waals surface area contributed by atoms with Crippen molar-refractivity contribution >= 4 is 34.4 Å². The Labute approximate surface area is 146 Å². The van der Waals surface area contributed by atoms with Gasteiger partial charge in [-0.05, 0) is 45.4 Å². The molecule has 0 aliphatic carbocycles. The monoisotopic (exact) mass is 351 g/mol. The molecule has 0 saturated carbocycles. The molecule has 2 heterocycles. The second-order valence-electron chi connectivity index (χ2n) is 6.88. The maximum absolute atomic E-state index is 11.9. The first-order chi connectivity index (χ1) is 11.4. The number of carbonyl (C=O) groups excluding carboxylic acids is 1. The van der Waals surface area contributed by atoms with E-state index < -0.39 is 11.7 Å². The fraction of sp³-hybridized carbons (Fsp3) is 0.529. The van der Waals surface area contributed by atoms with Crippen molar-refractivity contribution in [2.75, 3.05) is 11.9 Å². The van der Waals surface area contributed by atoms with E-state index in [0.29, 0.717) is 18.1 Å². The van der Waals surface area contributed by atoms with Crippen molar-refractivity contribution in [2.24, 2.45) is 0 Å². The Bertz CT molecular complexity index is 747. The number of rotatable bonds is 4. The molecule has 1 fully saturated rings. The number of hydrogen-bond acceptors (Lipinski definition) is 4. The van der Waals surface area contributed by atoms with Gasteiger partial charge in [0, 0.05) is 12.3 Å². The van der Waals surface area contributed by atoms with Crippen molar-refractivity contribution in [3.63, 3.8) is 0 Å². The average molecular weight is 352 g/mol. The van der Waals surface area contributed by atoms with Crippen LogP contribution in [0.25, 0.3) is 11.0 Å². The van der Waals surface area contributed by atoms with Crippen LogP contribution in [-0.4, -0.2) is 34.0 Å². The van der Waals surface area contributed by atoms with E-state index in [0.717, 1.165) is 29.9 Å². The third kappa shape index (κ3) is 3.82. The number of ether oxygens (including phenoxy) is 2. The van der Waals surface area contributed by atoms with Crippen LogP contribution in [-0.2, 0) is 21.9 Å². The van der Waals surface area contributed by atoms with Crippen LogP contribution in [0.2, 0.25) is 0 Å². The summed E-state index contributed by atoms with van der Waals surface area (Å²) in [4.78, 5) is 16.5. The van der Waals surface area contributed by atoms with E-state index in [2.05, 4.69) is 14.9 Å². The standard InChI is InChI=1S/C17H22ClN3O3/c1-17(2,3)24-16(22)19-11-4-5-13-14(8-11)21(15(9-18)20-13)10-12-6-7-23-12/h4-5,8,12H,6-7,9-10H2,1-3H3,(H,19,22). The first kappa shape index (κ1) is 17.0. The van der Waals surface area contributed by atoms with Crippen LogP contribution in [0.15, 0.2) is 18.2 Å². The molecule has 3 rings (SSSR count). The Morgan fingerprint density at radius 3 is 2.83 bits per heavy atom. The maximum atomic E-state index is 11.9. The van der Waals surface area contributed by atoms with Crippen LogP contribution in [0.5, 0.6) is 0 Å². The summed E-state index contributed by atoms with van der Waals surface area (Å²) in [7, 11) is 0. The smallest absolute Gasteiger partial charge is 0.412 e. The molecule has 7 heteroatoms. The van der Waals surface area contributed by atoms with Crippen LogP contribution in [0.1, 0.15) is 33.0 Å². The Hall–Kier alpha value is -1.79. The van der Waals surface area contributed by atoms with Gasteiger partial charge in [0.15, 0.2) is 0 Å². The molecule has 1 unspecified atom stereocenters. The molecule has 1 aromatic heterocycles. The predicted octanol–water partition coefficient (Wildman–Crippen LogP) is 3.91. The van der Waals surface area contributed by atoms with Crippen molar-refractivity contribution in [2.45, 2.75) is 51.3 Å². The molecule has 1 atom stereocenters. The average Bonchev–Trinajstić information content (AvgIpc) is 2.78. The van der Waals surface area contributed by atoms with Crippen molar-refractivity contribution in [3.05, 3.63) is 24.0 Å². The number of alkyl halides is 1. The van der Waals surface area contributed by atoms with Crippen molar-refractivity contribution in [1.82, 2.24) is 9.55 Å². The van der Waals surface area contributed by atoms with E-state index in [1.807, 2.05) is 32.9 Å². The Morgan fingerprint density at radius 1 is 1.50 bits per heavy atom. The van der Waals surface area contributed by atoms with Gasteiger partial charge in [0.1, 0.15) is 11.4 Å². The molecule has 6 nitrogen and oxygen atoms in total. The first-order valence-electron chi connectivity index (χ1n) is 8.02. The van der Waals surface area contributed by atoms with Gasteiger partial charge in [-0.2, -0.15) is 0 Å². The largest absolute Gasteiger partial charge is 0.444 e. The number of hydrogen-bond donors (Lipinski definition) is 1. The fourth-order valence-electron chi connectivity index (χ4n) is 2.61. The molecule has 0 radical (unpaired) electrons. The van der Waals surface area contributed by atoms with Crippen LogP contribution >= 0.6 is 11.6 Å². The zero-order valence-corrected chi connectivity index (χ0v) is 14.9. The maximum Gasteiger partial charge on any atom is 0.412 e. The summed E-state index contributed by atoms with van der Waals surface area (Å²) in [5.41, 5.74) is 1.89. The highest BCUT2D eigenvalue weighted by Gasteiger charge is 2.22. The van der Waals surface area contributed by atoms with E-state index >= 15 is 0 Å². The van der Waals surface area contributed by atoms with Crippen molar-refractivity contribution in [1.29, 1.82) is 0 Å². The molecule has 24 heavy (non-hydrogen) atoms. The lowest BCUT2D eigenvalue weighted by Gasteiger charge is -2.27. The van der Waals surface area contributed by atoms with E-state index in [1.165, 1.54) is 0 Å². The van der Waals surface area contributed by atoms with Crippen molar-refractivity contribution < 1.29 is 14.3 Å². The third-order valence-electron chi connectivity index (χ3n) is 3.77. The topological polar surface area (TPSA) is 65.4 Å². The number of amides is 1. The van der Waals surface area contributed by atoms with Crippen LogP contribution in [0.3, 0.4) is 0 Å². The van der Waals surface area contributed by atoms with E-state index in [4.69, 9.17) is 21.1 Å². The van der Waals surface area contributed by atoms with Crippen LogP contribution < -0.4 is 5.32 Å². The molecule has 0 spiro atoms. The number of benzene rings is 1. The number of halogens is 1. The Kier molecular flexibility index (Phi) is 4.69. The highest BCUT2D eigenvalue weighted by Crippen LogP contribution is 2.25. The Morgan fingerprint density at radius 2 is 2.25 bits per heavy atom. The van der Waals surface area contributed by atoms with Crippen LogP contribution in [0, 0.1) is 0 Å². The number of carbonyl (C=O) groups is 1. The van der Waals surface area contributed by atoms with Gasteiger partial charge in [0.05, 0.1) is 29.6 Å². The first-order valence-corrected chi connectivity index (χ1v) is 8.56. The zero-order chi connectivity index (χ0) is 17.3. The van der Waals surface area contributed by atoms with Gasteiger partial charge >= 0.3 is 6.09 Å². The van der Waals surface area contributed by atoms with Gasteiger partial charge in [0.2, 0.25) is 0 Å². The number of nitrogens with one attached hydrogen (secondary N) is 1. The summed E-state index contributed by atoms with van der Waals surface area (Å²) < 4.78 is 12.9. The van der Waals surface area contributed by atoms with Gasteiger partial charge in [-0.1, -0.05) is 0 Å². The summed E-state index contributed by atoms with van der Waals surface area (Å²) >= 11 is 6.03. The molecule has 130 valence electrons. The highest BCUT2D eigenvalue weighted by atomic mass is 35.5. The van der Waals surface area contributed by atoms with Gasteiger partial charge in [-0.15, -0.1) is 11.6 Å². The van der Waals surface area contributed by atoms with Crippen LogP contribution in [0.4, 0.5) is 10.5 Å². The summed E-state index contributed by atoms with van der Waals surface area (Å²) in [5, 5.41) is 2.76. The summed E-state index contributed by atoms with van der Waals surface area (Å²) in [6.07, 6.45) is 0.761. The highest BCUT2D eigenvalue weighted by molar-refractivity contribution is 6.16. The molecule has 0 bridgehead atoms. The second kappa shape index (κ2) is 6.61. The quantitative estimate of drug-likeness (QED) is 0.848. The summed E-state index contributed by atoms with van der Waals surface area (Å²) in [5.74, 6) is 1.13. The molecule has 1 aliphatic heterocycles. The normalized spacial score (nSPS) is 17.6. The molecule has 1 aliphatic rings. The van der Waals surface area contributed by atoms with E-state index in [1.54, 1.807) is 6.07 Å². The lowest BCUT2D eigenvalue weighted by Crippen LogP contribution is -2.31. The minimum atomic E-state index is -0.538. The molecule has 1 saturated heterocycles. The SMILES string of the molecule is CC(C)(C)OC(=O)Nc1ccc2nc(CCl)n(CC3CCO3)c2c1. The van der Waals surface area contributed by atoms with E-state index in [9.17, 15) is 4.79 Å².